The van der Waals surface area contributed by atoms with E-state index in [1.807, 2.05) is 0 Å². The average Bonchev–Trinajstić information content (AvgIpc) is 3.51. The van der Waals surface area contributed by atoms with Crippen molar-refractivity contribution in [1.29, 1.82) is 0 Å². The monoisotopic (exact) mass is 556 g/mol. The Kier molecular flexibility index (Phi) is 8.66. The van der Waals surface area contributed by atoms with E-state index in [2.05, 4.69) is 21.3 Å². The molecule has 0 bridgehead atoms. The molecule has 0 spiro atoms. The van der Waals surface area contributed by atoms with Crippen LogP contribution in [0.15, 0.2) is 36.8 Å². The smallest absolute Gasteiger partial charge is 0.407 e. The summed E-state index contributed by atoms with van der Waals surface area (Å²) in [5.74, 6) is -1.47. The third-order valence-corrected chi connectivity index (χ3v) is 5.50. The largest absolute Gasteiger partial charge is 0.444 e. The summed E-state index contributed by atoms with van der Waals surface area (Å²) in [4.78, 5) is 60.2. The highest BCUT2D eigenvalue weighted by atomic mass is 16.6. The van der Waals surface area contributed by atoms with Crippen molar-refractivity contribution < 1.29 is 28.8 Å². The fraction of sp³-hybridized carbons (Fsp3) is 0.360. The molecule has 0 saturated heterocycles. The van der Waals surface area contributed by atoms with Crippen molar-refractivity contribution in [3.8, 4) is 0 Å². The number of carbonyl (C=O) groups excluding carboxylic acids is 4. The Bertz CT molecular complexity index is 1460. The summed E-state index contributed by atoms with van der Waals surface area (Å²) in [6, 6.07) is 4.12. The van der Waals surface area contributed by atoms with Gasteiger partial charge in [0.2, 0.25) is 0 Å². The van der Waals surface area contributed by atoms with Crippen molar-refractivity contribution in [3.63, 3.8) is 0 Å². The van der Waals surface area contributed by atoms with E-state index in [0.29, 0.717) is 11.4 Å². The van der Waals surface area contributed by atoms with Gasteiger partial charge in [-0.2, -0.15) is 0 Å². The minimum absolute atomic E-state index is 0.0808. The molecule has 0 fully saturated rings. The topological polar surface area (TPSA) is 184 Å². The van der Waals surface area contributed by atoms with E-state index in [1.54, 1.807) is 45.6 Å². The van der Waals surface area contributed by atoms with Crippen molar-refractivity contribution in [1.82, 2.24) is 24.3 Å². The molecule has 0 radical (unpaired) electrons. The molecule has 0 unspecified atom stereocenters. The van der Waals surface area contributed by atoms with E-state index in [0.717, 1.165) is 6.07 Å². The molecule has 0 aliphatic rings. The number of aromatic nitrogens is 3. The maximum Gasteiger partial charge on any atom is 0.407 e. The third-order valence-electron chi connectivity index (χ3n) is 5.50. The number of amides is 4. The summed E-state index contributed by atoms with van der Waals surface area (Å²) in [6.45, 7) is 5.58. The molecular formula is C25H32N8O7. The second-order valence-corrected chi connectivity index (χ2v) is 9.99. The Morgan fingerprint density at radius 1 is 0.775 bits per heavy atom. The number of hydrogen-bond acceptors (Lipinski definition) is 7. The normalized spacial score (nSPS) is 11.1. The number of nitro groups is 1. The van der Waals surface area contributed by atoms with Crippen LogP contribution in [0.2, 0.25) is 0 Å². The molecule has 0 saturated carbocycles. The number of aryl methyl sites for hydroxylation is 3. The summed E-state index contributed by atoms with van der Waals surface area (Å²) in [5.41, 5.74) is 0.424. The van der Waals surface area contributed by atoms with Crippen molar-refractivity contribution >= 4 is 40.9 Å². The predicted molar refractivity (Wildman–Crippen MR) is 145 cm³/mol. The van der Waals surface area contributed by atoms with Gasteiger partial charge in [0, 0.05) is 52.7 Å². The van der Waals surface area contributed by atoms with Crippen LogP contribution in [0.25, 0.3) is 0 Å². The van der Waals surface area contributed by atoms with Crippen molar-refractivity contribution in [2.45, 2.75) is 26.4 Å². The van der Waals surface area contributed by atoms with Gasteiger partial charge in [-0.15, -0.1) is 0 Å². The molecule has 15 heteroatoms. The average molecular weight is 557 g/mol. The second-order valence-electron chi connectivity index (χ2n) is 9.99. The fourth-order valence-corrected chi connectivity index (χ4v) is 3.73. The fourth-order valence-electron chi connectivity index (χ4n) is 3.73. The molecule has 3 rings (SSSR count). The zero-order valence-electron chi connectivity index (χ0n) is 23.0. The van der Waals surface area contributed by atoms with E-state index in [9.17, 15) is 29.3 Å². The lowest BCUT2D eigenvalue weighted by Crippen LogP contribution is -2.38. The van der Waals surface area contributed by atoms with Gasteiger partial charge in [-0.05, 0) is 32.9 Å². The molecule has 3 heterocycles. The lowest BCUT2D eigenvalue weighted by Gasteiger charge is -2.19. The van der Waals surface area contributed by atoms with Crippen LogP contribution in [-0.4, -0.2) is 61.1 Å². The highest BCUT2D eigenvalue weighted by Crippen LogP contribution is 2.20. The van der Waals surface area contributed by atoms with Crippen molar-refractivity contribution in [2.24, 2.45) is 21.1 Å². The lowest BCUT2D eigenvalue weighted by atomic mass is 10.2. The first kappa shape index (κ1) is 29.5. The number of ether oxygens (including phenoxy) is 1. The Morgan fingerprint density at radius 2 is 1.23 bits per heavy atom. The molecule has 3 aromatic heterocycles. The molecule has 15 nitrogen and oxygen atoms in total. The van der Waals surface area contributed by atoms with Gasteiger partial charge >= 0.3 is 6.09 Å². The zero-order chi connectivity index (χ0) is 29.8. The van der Waals surface area contributed by atoms with Gasteiger partial charge in [-0.1, -0.05) is 0 Å². The number of anilines is 2. The second kappa shape index (κ2) is 11.8. The Hall–Kier alpha value is -5.08. The first-order valence-corrected chi connectivity index (χ1v) is 12.2. The number of carbonyl (C=O) groups is 4. The van der Waals surface area contributed by atoms with E-state index < -0.39 is 34.3 Å². The van der Waals surface area contributed by atoms with Crippen LogP contribution in [0, 0.1) is 10.1 Å². The maximum absolute atomic E-state index is 12.9. The van der Waals surface area contributed by atoms with Crippen LogP contribution in [0.3, 0.4) is 0 Å². The van der Waals surface area contributed by atoms with Crippen LogP contribution >= 0.6 is 0 Å². The number of nitrogens with one attached hydrogen (secondary N) is 4. The number of alkyl carbamates (subject to hydrolysis) is 1. The van der Waals surface area contributed by atoms with Gasteiger partial charge in [-0.3, -0.25) is 24.5 Å². The molecule has 4 N–H and O–H groups in total. The van der Waals surface area contributed by atoms with E-state index in [4.69, 9.17) is 4.74 Å². The van der Waals surface area contributed by atoms with Crippen LogP contribution in [0.5, 0.6) is 0 Å². The predicted octanol–water partition coefficient (Wildman–Crippen LogP) is 2.37. The highest BCUT2D eigenvalue weighted by molar-refractivity contribution is 6.07. The summed E-state index contributed by atoms with van der Waals surface area (Å²) in [6.07, 6.45) is 3.74. The molecule has 0 aromatic carbocycles. The standard InChI is InChI=1S/C25H32N8O7/c1-25(2,3)40-24(37)27-8-7-26-21(34)18-9-15(12-30(18)4)28-22(35)19-10-16(13-31(19)5)29-23(36)20-11-17(33(38)39)14-32(20)6/h9-14H,7-8H2,1-6H3,(H,26,34)(H,27,37)(H,28,35)(H,29,36). The van der Waals surface area contributed by atoms with Crippen molar-refractivity contribution in [2.75, 3.05) is 23.7 Å². The number of rotatable bonds is 9. The Morgan fingerprint density at radius 3 is 1.70 bits per heavy atom. The number of nitrogens with zero attached hydrogens (tertiary/aromatic N) is 4. The quantitative estimate of drug-likeness (QED) is 0.177. The molecule has 40 heavy (non-hydrogen) atoms. The summed E-state index contributed by atoms with van der Waals surface area (Å²) < 4.78 is 9.52. The molecule has 4 amide bonds. The van der Waals surface area contributed by atoms with Gasteiger partial charge in [0.15, 0.2) is 0 Å². The zero-order valence-corrected chi connectivity index (χ0v) is 23.0. The lowest BCUT2D eigenvalue weighted by molar-refractivity contribution is -0.384. The van der Waals surface area contributed by atoms with Crippen LogP contribution in [0.4, 0.5) is 21.9 Å². The summed E-state index contributed by atoms with van der Waals surface area (Å²) >= 11 is 0. The molecular weight excluding hydrogens is 524 g/mol. The molecule has 0 aliphatic heterocycles. The van der Waals surface area contributed by atoms with Gasteiger partial charge in [0.1, 0.15) is 22.7 Å². The molecule has 214 valence electrons. The third kappa shape index (κ3) is 7.49. The summed E-state index contributed by atoms with van der Waals surface area (Å²) in [5, 5.41) is 21.6. The molecule has 0 atom stereocenters. The molecule has 3 aromatic rings. The van der Waals surface area contributed by atoms with E-state index in [1.165, 1.54) is 40.7 Å². The van der Waals surface area contributed by atoms with Crippen LogP contribution in [-0.2, 0) is 25.9 Å². The molecule has 0 aliphatic carbocycles. The maximum atomic E-state index is 12.9. The Balaban J connectivity index is 1.58. The first-order valence-electron chi connectivity index (χ1n) is 12.2. The Labute approximate surface area is 229 Å². The van der Waals surface area contributed by atoms with Gasteiger partial charge < -0.3 is 39.7 Å². The van der Waals surface area contributed by atoms with Crippen molar-refractivity contribution in [3.05, 3.63) is 64.0 Å². The highest BCUT2D eigenvalue weighted by Gasteiger charge is 2.21. The number of hydrogen-bond donors (Lipinski definition) is 4. The minimum Gasteiger partial charge on any atom is -0.444 e. The van der Waals surface area contributed by atoms with Gasteiger partial charge in [0.25, 0.3) is 23.4 Å². The first-order chi connectivity index (χ1) is 18.6. The van der Waals surface area contributed by atoms with Crippen LogP contribution < -0.4 is 21.3 Å². The summed E-state index contributed by atoms with van der Waals surface area (Å²) in [7, 11) is 4.78. The van der Waals surface area contributed by atoms with E-state index >= 15 is 0 Å². The van der Waals surface area contributed by atoms with E-state index in [-0.39, 0.29) is 35.9 Å². The SMILES string of the molecule is Cn1cc(NC(=O)c2cc(NC(=O)c3cc([N+](=O)[O-])cn3C)cn2C)cc1C(=O)NCCNC(=O)OC(C)(C)C. The van der Waals surface area contributed by atoms with Crippen LogP contribution in [0.1, 0.15) is 52.2 Å². The minimum atomic E-state index is -0.626. The van der Waals surface area contributed by atoms with Gasteiger partial charge in [0.05, 0.1) is 22.5 Å². The van der Waals surface area contributed by atoms with Gasteiger partial charge in [-0.25, -0.2) is 4.79 Å².